The summed E-state index contributed by atoms with van der Waals surface area (Å²) in [6.07, 6.45) is 3.32. The molecule has 1 N–H and O–H groups in total. The number of carboxylic acid groups (broad SMARTS) is 1. The van der Waals surface area contributed by atoms with Crippen LogP contribution in [0, 0.1) is 0 Å². The Kier molecular flexibility index (Phi) is 3.53. The number of aromatic carboxylic acids is 1. The van der Waals surface area contributed by atoms with Crippen molar-refractivity contribution in [3.63, 3.8) is 0 Å². The number of pyridine rings is 1. The van der Waals surface area contributed by atoms with E-state index in [1.165, 1.54) is 0 Å². The van der Waals surface area contributed by atoms with E-state index >= 15 is 0 Å². The van der Waals surface area contributed by atoms with E-state index in [2.05, 4.69) is 26.0 Å². The molecule has 0 aliphatic heterocycles. The monoisotopic (exact) mass is 343 g/mol. The molecule has 0 bridgehead atoms. The van der Waals surface area contributed by atoms with Crippen molar-refractivity contribution < 1.29 is 9.90 Å². The number of hydrogen-bond donors (Lipinski definition) is 1. The summed E-state index contributed by atoms with van der Waals surface area (Å²) in [5.41, 5.74) is 2.35. The van der Waals surface area contributed by atoms with Crippen LogP contribution in [-0.2, 0) is 0 Å². The lowest BCUT2D eigenvalue weighted by molar-refractivity contribution is 0.0690. The lowest BCUT2D eigenvalue weighted by Crippen LogP contribution is -2.02. The van der Waals surface area contributed by atoms with Gasteiger partial charge in [-0.15, -0.1) is 0 Å². The lowest BCUT2D eigenvalue weighted by atomic mass is 10.2. The first kappa shape index (κ1) is 13.5. The third kappa shape index (κ3) is 2.71. The first-order valence-electron chi connectivity index (χ1n) is 6.15. The molecule has 3 aromatic rings. The zero-order chi connectivity index (χ0) is 14.8. The minimum atomic E-state index is -1.05. The van der Waals surface area contributed by atoms with Crippen LogP contribution in [0.3, 0.4) is 0 Å². The molecule has 0 atom stereocenters. The Morgan fingerprint density at radius 1 is 1.10 bits per heavy atom. The van der Waals surface area contributed by atoms with Gasteiger partial charge in [-0.1, -0.05) is 15.9 Å². The van der Waals surface area contributed by atoms with Gasteiger partial charge in [-0.25, -0.2) is 9.48 Å². The normalized spacial score (nSPS) is 10.5. The first-order chi connectivity index (χ1) is 10.1. The quantitative estimate of drug-likeness (QED) is 0.791. The van der Waals surface area contributed by atoms with Gasteiger partial charge in [0.1, 0.15) is 0 Å². The molecule has 2 aromatic heterocycles. The van der Waals surface area contributed by atoms with E-state index in [0.29, 0.717) is 5.69 Å². The second kappa shape index (κ2) is 5.49. The van der Waals surface area contributed by atoms with Crippen molar-refractivity contribution >= 4 is 21.9 Å². The van der Waals surface area contributed by atoms with E-state index in [9.17, 15) is 4.79 Å². The van der Waals surface area contributed by atoms with Crippen LogP contribution in [0.2, 0.25) is 0 Å². The summed E-state index contributed by atoms with van der Waals surface area (Å²) >= 11 is 3.38. The van der Waals surface area contributed by atoms with Crippen molar-refractivity contribution in [3.8, 4) is 16.9 Å². The van der Waals surface area contributed by atoms with Crippen LogP contribution in [0.1, 0.15) is 10.5 Å². The third-order valence-electron chi connectivity index (χ3n) is 2.98. The minimum Gasteiger partial charge on any atom is -0.476 e. The molecule has 2 heterocycles. The largest absolute Gasteiger partial charge is 0.476 e. The summed E-state index contributed by atoms with van der Waals surface area (Å²) in [4.78, 5) is 15.2. The van der Waals surface area contributed by atoms with Gasteiger partial charge >= 0.3 is 5.97 Å². The maximum absolute atomic E-state index is 11.2. The van der Waals surface area contributed by atoms with E-state index in [0.717, 1.165) is 15.7 Å². The number of hydrogen-bond acceptors (Lipinski definition) is 3. The van der Waals surface area contributed by atoms with Gasteiger partial charge in [0.2, 0.25) is 0 Å². The molecule has 0 aliphatic rings. The second-order valence-electron chi connectivity index (χ2n) is 4.34. The Bertz CT molecular complexity index is 782. The molecule has 0 saturated heterocycles. The molecule has 6 heteroatoms. The number of nitrogens with zero attached hydrogens (tertiary/aromatic N) is 3. The van der Waals surface area contributed by atoms with Crippen molar-refractivity contribution in [1.82, 2.24) is 14.8 Å². The zero-order valence-corrected chi connectivity index (χ0v) is 12.4. The predicted octanol–water partition coefficient (Wildman–Crippen LogP) is 3.40. The fraction of sp³-hybridized carbons (Fsp3) is 0. The van der Waals surface area contributed by atoms with Gasteiger partial charge in [-0.3, -0.25) is 4.98 Å². The van der Waals surface area contributed by atoms with E-state index in [1.54, 1.807) is 23.1 Å². The standard InChI is InChI=1S/C15H10BrN3O2/c16-11-1-3-12(4-2-11)19-14(9-13(18-19)15(20)21)10-5-7-17-8-6-10/h1-9H,(H,20,21). The van der Waals surface area contributed by atoms with Gasteiger partial charge in [-0.05, 0) is 42.5 Å². The number of benzene rings is 1. The van der Waals surface area contributed by atoms with E-state index < -0.39 is 5.97 Å². The smallest absolute Gasteiger partial charge is 0.356 e. The van der Waals surface area contributed by atoms with Crippen molar-refractivity contribution in [1.29, 1.82) is 0 Å². The molecule has 0 amide bonds. The molecule has 0 spiro atoms. The molecule has 3 rings (SSSR count). The van der Waals surface area contributed by atoms with Crippen molar-refractivity contribution in [3.05, 3.63) is 65.0 Å². The average molecular weight is 344 g/mol. The highest BCUT2D eigenvalue weighted by Gasteiger charge is 2.15. The molecule has 0 aliphatic carbocycles. The molecule has 1 aromatic carbocycles. The molecular weight excluding hydrogens is 334 g/mol. The number of carboxylic acids is 1. The van der Waals surface area contributed by atoms with Crippen molar-refractivity contribution in [2.24, 2.45) is 0 Å². The molecule has 21 heavy (non-hydrogen) atoms. The molecule has 0 fully saturated rings. The SMILES string of the molecule is O=C(O)c1cc(-c2ccncc2)n(-c2ccc(Br)cc2)n1. The van der Waals surface area contributed by atoms with Crippen LogP contribution in [0.15, 0.2) is 59.3 Å². The Labute approximate surface area is 129 Å². The highest BCUT2D eigenvalue weighted by atomic mass is 79.9. The molecular formula is C15H10BrN3O2. The summed E-state index contributed by atoms with van der Waals surface area (Å²) in [6, 6.07) is 12.7. The van der Waals surface area contributed by atoms with Crippen LogP contribution < -0.4 is 0 Å². The van der Waals surface area contributed by atoms with Gasteiger partial charge in [0, 0.05) is 22.4 Å². The Balaban J connectivity index is 2.19. The maximum atomic E-state index is 11.2. The summed E-state index contributed by atoms with van der Waals surface area (Å²) in [5.74, 6) is -1.05. The summed E-state index contributed by atoms with van der Waals surface area (Å²) < 4.78 is 2.56. The van der Waals surface area contributed by atoms with Crippen LogP contribution in [0.4, 0.5) is 0 Å². The van der Waals surface area contributed by atoms with Crippen LogP contribution in [0.5, 0.6) is 0 Å². The highest BCUT2D eigenvalue weighted by molar-refractivity contribution is 9.10. The average Bonchev–Trinajstić information content (AvgIpc) is 2.94. The van der Waals surface area contributed by atoms with Gasteiger partial charge in [0.05, 0.1) is 11.4 Å². The molecule has 5 nitrogen and oxygen atoms in total. The maximum Gasteiger partial charge on any atom is 0.356 e. The fourth-order valence-corrected chi connectivity index (χ4v) is 2.26. The van der Waals surface area contributed by atoms with Crippen molar-refractivity contribution in [2.45, 2.75) is 0 Å². The lowest BCUT2D eigenvalue weighted by Gasteiger charge is -2.07. The molecule has 0 radical (unpaired) electrons. The predicted molar refractivity (Wildman–Crippen MR) is 81.5 cm³/mol. The number of halogens is 1. The van der Waals surface area contributed by atoms with Crippen LogP contribution in [-0.4, -0.2) is 25.8 Å². The molecule has 0 unspecified atom stereocenters. The Morgan fingerprint density at radius 2 is 1.76 bits per heavy atom. The van der Waals surface area contributed by atoms with Crippen molar-refractivity contribution in [2.75, 3.05) is 0 Å². The van der Waals surface area contributed by atoms with Crippen LogP contribution in [0.25, 0.3) is 16.9 Å². The number of carbonyl (C=O) groups is 1. The summed E-state index contributed by atoms with van der Waals surface area (Å²) in [7, 11) is 0. The van der Waals surface area contributed by atoms with Gasteiger partial charge in [0.15, 0.2) is 5.69 Å². The second-order valence-corrected chi connectivity index (χ2v) is 5.26. The van der Waals surface area contributed by atoms with E-state index in [1.807, 2.05) is 36.4 Å². The van der Waals surface area contributed by atoms with Crippen LogP contribution >= 0.6 is 15.9 Å². The summed E-state index contributed by atoms with van der Waals surface area (Å²) in [6.45, 7) is 0. The number of aromatic nitrogens is 3. The Morgan fingerprint density at radius 3 is 2.38 bits per heavy atom. The highest BCUT2D eigenvalue weighted by Crippen LogP contribution is 2.24. The van der Waals surface area contributed by atoms with E-state index in [-0.39, 0.29) is 5.69 Å². The minimum absolute atomic E-state index is 0.00438. The van der Waals surface area contributed by atoms with E-state index in [4.69, 9.17) is 5.11 Å². The third-order valence-corrected chi connectivity index (χ3v) is 3.50. The first-order valence-corrected chi connectivity index (χ1v) is 6.94. The fourth-order valence-electron chi connectivity index (χ4n) is 1.99. The number of rotatable bonds is 3. The Hall–Kier alpha value is -2.47. The molecule has 0 saturated carbocycles. The topological polar surface area (TPSA) is 68.0 Å². The van der Waals surface area contributed by atoms with Gasteiger partial charge in [0.25, 0.3) is 0 Å². The zero-order valence-electron chi connectivity index (χ0n) is 10.8. The summed E-state index contributed by atoms with van der Waals surface area (Å²) in [5, 5.41) is 13.3. The van der Waals surface area contributed by atoms with Gasteiger partial charge < -0.3 is 5.11 Å². The molecule has 104 valence electrons. The van der Waals surface area contributed by atoms with Gasteiger partial charge in [-0.2, -0.15) is 5.10 Å².